The number of rotatable bonds is 3. The van der Waals surface area contributed by atoms with Crippen molar-refractivity contribution < 1.29 is 4.74 Å². The minimum absolute atomic E-state index is 0.465. The summed E-state index contributed by atoms with van der Waals surface area (Å²) >= 11 is 3.50. The Balaban J connectivity index is 1.81. The molecule has 2 atom stereocenters. The van der Waals surface area contributed by atoms with Crippen LogP contribution >= 0.6 is 15.9 Å². The lowest BCUT2D eigenvalue weighted by Crippen LogP contribution is -2.16. The maximum Gasteiger partial charge on any atom is 0.0721 e. The number of halogens is 1. The van der Waals surface area contributed by atoms with E-state index in [1.807, 2.05) is 0 Å². The Morgan fingerprint density at radius 3 is 2.83 bits per heavy atom. The molecule has 0 radical (unpaired) electrons. The molecule has 2 unspecified atom stereocenters. The molecule has 1 nitrogen and oxygen atoms in total. The van der Waals surface area contributed by atoms with Crippen molar-refractivity contribution in [2.45, 2.75) is 58.2 Å². The van der Waals surface area contributed by atoms with Gasteiger partial charge in [-0.1, -0.05) is 54.2 Å². The van der Waals surface area contributed by atoms with E-state index in [1.54, 1.807) is 0 Å². The van der Waals surface area contributed by atoms with Gasteiger partial charge >= 0.3 is 0 Å². The molecular formula is C16H23BrO. The normalized spacial score (nSPS) is 25.4. The van der Waals surface area contributed by atoms with Gasteiger partial charge in [-0.25, -0.2) is 0 Å². The van der Waals surface area contributed by atoms with Gasteiger partial charge in [-0.05, 0) is 42.9 Å². The summed E-state index contributed by atoms with van der Waals surface area (Å²) in [6.07, 6.45) is 8.36. The third-order valence-corrected chi connectivity index (χ3v) is 4.32. The largest absolute Gasteiger partial charge is 0.374 e. The Labute approximate surface area is 119 Å². The quantitative estimate of drug-likeness (QED) is 0.733. The minimum Gasteiger partial charge on any atom is -0.374 e. The topological polar surface area (TPSA) is 9.23 Å². The maximum atomic E-state index is 6.09. The second-order valence-electron chi connectivity index (χ2n) is 5.53. The highest BCUT2D eigenvalue weighted by molar-refractivity contribution is 9.10. The second kappa shape index (κ2) is 7.30. The van der Waals surface area contributed by atoms with Crippen LogP contribution in [-0.4, -0.2) is 6.10 Å². The van der Waals surface area contributed by atoms with Crippen molar-refractivity contribution >= 4 is 15.9 Å². The van der Waals surface area contributed by atoms with Gasteiger partial charge < -0.3 is 4.74 Å². The fourth-order valence-corrected chi connectivity index (χ4v) is 3.08. The van der Waals surface area contributed by atoms with Crippen LogP contribution in [0.1, 0.15) is 51.0 Å². The molecule has 0 bridgehead atoms. The highest BCUT2D eigenvalue weighted by atomic mass is 79.9. The zero-order valence-corrected chi connectivity index (χ0v) is 12.8. The molecule has 18 heavy (non-hydrogen) atoms. The van der Waals surface area contributed by atoms with E-state index >= 15 is 0 Å². The van der Waals surface area contributed by atoms with Crippen molar-refractivity contribution in [1.29, 1.82) is 0 Å². The van der Waals surface area contributed by atoms with E-state index in [-0.39, 0.29) is 0 Å². The van der Waals surface area contributed by atoms with Gasteiger partial charge in [0.05, 0.1) is 12.7 Å². The lowest BCUT2D eigenvalue weighted by atomic mass is 9.91. The van der Waals surface area contributed by atoms with Crippen molar-refractivity contribution in [2.75, 3.05) is 0 Å². The molecule has 1 fully saturated rings. The molecule has 2 rings (SSSR count). The van der Waals surface area contributed by atoms with Crippen molar-refractivity contribution in [3.05, 3.63) is 34.3 Å². The molecule has 0 heterocycles. The monoisotopic (exact) mass is 310 g/mol. The van der Waals surface area contributed by atoms with E-state index in [1.165, 1.54) is 44.1 Å². The van der Waals surface area contributed by atoms with Gasteiger partial charge in [0.25, 0.3) is 0 Å². The molecule has 0 amide bonds. The molecular weight excluding hydrogens is 288 g/mol. The lowest BCUT2D eigenvalue weighted by Gasteiger charge is -2.23. The van der Waals surface area contributed by atoms with Gasteiger partial charge in [-0.3, -0.25) is 0 Å². The van der Waals surface area contributed by atoms with Crippen molar-refractivity contribution in [3.8, 4) is 0 Å². The predicted octanol–water partition coefficient (Wildman–Crippen LogP) is 5.32. The zero-order valence-electron chi connectivity index (χ0n) is 11.2. The van der Waals surface area contributed by atoms with Crippen LogP contribution < -0.4 is 0 Å². The molecule has 0 aliphatic heterocycles. The molecule has 100 valence electrons. The van der Waals surface area contributed by atoms with Gasteiger partial charge in [-0.15, -0.1) is 0 Å². The van der Waals surface area contributed by atoms with Gasteiger partial charge in [0.2, 0.25) is 0 Å². The smallest absolute Gasteiger partial charge is 0.0721 e. The first-order chi connectivity index (χ1) is 8.74. The standard InChI is InChI=1S/C16H23BrO/c1-13-5-2-3-8-16(10-9-13)18-12-14-6-4-7-15(17)11-14/h4,6-7,11,13,16H,2-3,5,8-10,12H2,1H3. The van der Waals surface area contributed by atoms with Crippen molar-refractivity contribution in [3.63, 3.8) is 0 Å². The van der Waals surface area contributed by atoms with Crippen LogP contribution in [0.15, 0.2) is 28.7 Å². The van der Waals surface area contributed by atoms with Gasteiger partial charge in [0.1, 0.15) is 0 Å². The number of benzene rings is 1. The average Bonchev–Trinajstić information content (AvgIpc) is 2.34. The molecule has 1 aliphatic carbocycles. The van der Waals surface area contributed by atoms with Crippen LogP contribution in [0.3, 0.4) is 0 Å². The van der Waals surface area contributed by atoms with E-state index in [0.29, 0.717) is 6.10 Å². The molecule has 1 aliphatic rings. The van der Waals surface area contributed by atoms with E-state index in [4.69, 9.17) is 4.74 Å². The summed E-state index contributed by atoms with van der Waals surface area (Å²) in [4.78, 5) is 0. The summed E-state index contributed by atoms with van der Waals surface area (Å²) in [6, 6.07) is 8.41. The Morgan fingerprint density at radius 2 is 2.00 bits per heavy atom. The molecule has 1 aromatic carbocycles. The second-order valence-corrected chi connectivity index (χ2v) is 6.45. The first-order valence-electron chi connectivity index (χ1n) is 7.10. The highest BCUT2D eigenvalue weighted by Gasteiger charge is 2.15. The van der Waals surface area contributed by atoms with Crippen molar-refractivity contribution in [1.82, 2.24) is 0 Å². The first kappa shape index (κ1) is 14.1. The Kier molecular flexibility index (Phi) is 5.71. The van der Waals surface area contributed by atoms with Crippen LogP contribution in [0.4, 0.5) is 0 Å². The number of hydrogen-bond donors (Lipinski definition) is 0. The van der Waals surface area contributed by atoms with Crippen LogP contribution in [0.5, 0.6) is 0 Å². The highest BCUT2D eigenvalue weighted by Crippen LogP contribution is 2.24. The molecule has 2 heteroatoms. The number of ether oxygens (including phenoxy) is 1. The maximum absolute atomic E-state index is 6.09. The van der Waals surface area contributed by atoms with E-state index < -0.39 is 0 Å². The zero-order chi connectivity index (χ0) is 12.8. The summed E-state index contributed by atoms with van der Waals surface area (Å²) in [7, 11) is 0. The fraction of sp³-hybridized carbons (Fsp3) is 0.625. The molecule has 1 saturated carbocycles. The van der Waals surface area contributed by atoms with Gasteiger partial charge in [-0.2, -0.15) is 0 Å². The van der Waals surface area contributed by atoms with Gasteiger partial charge in [0, 0.05) is 4.47 Å². The Morgan fingerprint density at radius 1 is 1.17 bits per heavy atom. The summed E-state index contributed by atoms with van der Waals surface area (Å²) in [5.41, 5.74) is 1.26. The third kappa shape index (κ3) is 4.74. The fourth-order valence-electron chi connectivity index (χ4n) is 2.63. The number of hydrogen-bond acceptors (Lipinski definition) is 1. The molecule has 0 saturated heterocycles. The Bertz CT molecular complexity index is 364. The van der Waals surface area contributed by atoms with Crippen LogP contribution in [0.2, 0.25) is 0 Å². The van der Waals surface area contributed by atoms with E-state index in [2.05, 4.69) is 47.1 Å². The third-order valence-electron chi connectivity index (χ3n) is 3.83. The SMILES string of the molecule is CC1CCCCC(OCc2cccc(Br)c2)CC1. The lowest BCUT2D eigenvalue weighted by molar-refractivity contribution is 0.0202. The predicted molar refractivity (Wildman–Crippen MR) is 79.6 cm³/mol. The van der Waals surface area contributed by atoms with Crippen LogP contribution in [0.25, 0.3) is 0 Å². The summed E-state index contributed by atoms with van der Waals surface area (Å²) in [5.74, 6) is 0.877. The summed E-state index contributed by atoms with van der Waals surface area (Å²) in [6.45, 7) is 3.12. The molecule has 0 spiro atoms. The summed E-state index contributed by atoms with van der Waals surface area (Å²) < 4.78 is 7.22. The van der Waals surface area contributed by atoms with Crippen molar-refractivity contribution in [2.24, 2.45) is 5.92 Å². The Hall–Kier alpha value is -0.340. The molecule has 1 aromatic rings. The summed E-state index contributed by atoms with van der Waals surface area (Å²) in [5, 5.41) is 0. The minimum atomic E-state index is 0.465. The molecule has 0 aromatic heterocycles. The van der Waals surface area contributed by atoms with E-state index in [9.17, 15) is 0 Å². The van der Waals surface area contributed by atoms with Gasteiger partial charge in [0.15, 0.2) is 0 Å². The average molecular weight is 311 g/mol. The van der Waals surface area contributed by atoms with Crippen LogP contribution in [-0.2, 0) is 11.3 Å². The molecule has 0 N–H and O–H groups in total. The van der Waals surface area contributed by atoms with Crippen LogP contribution in [0, 0.1) is 5.92 Å². The first-order valence-corrected chi connectivity index (χ1v) is 7.89. The van der Waals surface area contributed by atoms with E-state index in [0.717, 1.165) is 17.0 Å².